The van der Waals surface area contributed by atoms with Crippen molar-refractivity contribution in [3.05, 3.63) is 41.2 Å². The van der Waals surface area contributed by atoms with E-state index in [9.17, 15) is 9.90 Å². The molecule has 0 bridgehead atoms. The monoisotopic (exact) mass is 231 g/mol. The molecule has 4 nitrogen and oxygen atoms in total. The van der Waals surface area contributed by atoms with Gasteiger partial charge < -0.3 is 9.84 Å². The molecule has 0 aliphatic carbocycles. The van der Waals surface area contributed by atoms with Crippen LogP contribution in [0.3, 0.4) is 0 Å². The number of carbonyl (C=O) groups is 1. The van der Waals surface area contributed by atoms with Gasteiger partial charge in [-0.1, -0.05) is 29.8 Å². The van der Waals surface area contributed by atoms with Gasteiger partial charge in [-0.05, 0) is 19.4 Å². The van der Waals surface area contributed by atoms with Gasteiger partial charge >= 0.3 is 5.97 Å². The average molecular weight is 231 g/mol. The highest BCUT2D eigenvalue weighted by atomic mass is 16.5. The number of rotatable bonds is 3. The predicted molar refractivity (Wildman–Crippen MR) is 63.0 cm³/mol. The number of carbonyl (C=O) groups excluding carboxylic acids is 1. The summed E-state index contributed by atoms with van der Waals surface area (Å²) in [6.07, 6.45) is 0. The van der Waals surface area contributed by atoms with Crippen LogP contribution in [0.15, 0.2) is 30.0 Å². The van der Waals surface area contributed by atoms with E-state index in [0.717, 1.165) is 5.56 Å². The Hall–Kier alpha value is -2.28. The second kappa shape index (κ2) is 5.71. The number of hydrogen-bond acceptors (Lipinski definition) is 4. The van der Waals surface area contributed by atoms with Gasteiger partial charge in [-0.2, -0.15) is 5.26 Å². The van der Waals surface area contributed by atoms with E-state index in [0.29, 0.717) is 5.56 Å². The number of nitrogens with zero attached hydrogens (tertiary/aromatic N) is 1. The zero-order valence-electron chi connectivity index (χ0n) is 9.73. The molecule has 0 aromatic heterocycles. The van der Waals surface area contributed by atoms with Crippen LogP contribution < -0.4 is 0 Å². The minimum Gasteiger partial charge on any atom is -0.501 e. The van der Waals surface area contributed by atoms with Gasteiger partial charge in [0.2, 0.25) is 5.76 Å². The van der Waals surface area contributed by atoms with Crippen molar-refractivity contribution in [2.75, 3.05) is 6.61 Å². The van der Waals surface area contributed by atoms with E-state index < -0.39 is 11.7 Å². The number of allylic oxidation sites excluding steroid dienone is 1. The van der Waals surface area contributed by atoms with E-state index in [4.69, 9.17) is 5.26 Å². The number of aliphatic hydroxyl groups excluding tert-OH is 1. The highest BCUT2D eigenvalue weighted by Crippen LogP contribution is 2.18. The fourth-order valence-corrected chi connectivity index (χ4v) is 1.28. The van der Waals surface area contributed by atoms with Crippen LogP contribution >= 0.6 is 0 Å². The van der Waals surface area contributed by atoms with Gasteiger partial charge in [-0.15, -0.1) is 0 Å². The van der Waals surface area contributed by atoms with Crippen LogP contribution in [0.25, 0.3) is 5.57 Å². The van der Waals surface area contributed by atoms with Gasteiger partial charge in [0, 0.05) is 0 Å². The molecule has 0 amide bonds. The smallest absolute Gasteiger partial charge is 0.374 e. The van der Waals surface area contributed by atoms with Gasteiger partial charge in [0.05, 0.1) is 6.61 Å². The first kappa shape index (κ1) is 12.8. The molecule has 0 spiro atoms. The number of hydrogen-bond donors (Lipinski definition) is 1. The van der Waals surface area contributed by atoms with E-state index in [1.807, 2.05) is 6.92 Å². The average Bonchev–Trinajstić information content (AvgIpc) is 2.32. The Kier molecular flexibility index (Phi) is 4.29. The largest absolute Gasteiger partial charge is 0.501 e. The normalized spacial score (nSPS) is 11.4. The molecule has 0 aliphatic rings. The van der Waals surface area contributed by atoms with E-state index in [1.165, 1.54) is 0 Å². The maximum Gasteiger partial charge on any atom is 0.374 e. The molecule has 0 saturated heterocycles. The Morgan fingerprint density at radius 1 is 1.41 bits per heavy atom. The van der Waals surface area contributed by atoms with Crippen molar-refractivity contribution in [3.8, 4) is 6.07 Å². The zero-order valence-corrected chi connectivity index (χ0v) is 9.73. The summed E-state index contributed by atoms with van der Waals surface area (Å²) in [4.78, 5) is 11.3. The molecule has 0 aliphatic heterocycles. The van der Waals surface area contributed by atoms with Gasteiger partial charge in [-0.3, -0.25) is 0 Å². The first-order valence-corrected chi connectivity index (χ1v) is 5.17. The minimum absolute atomic E-state index is 0.0801. The van der Waals surface area contributed by atoms with Crippen LogP contribution in [-0.4, -0.2) is 17.7 Å². The van der Waals surface area contributed by atoms with Gasteiger partial charge in [-0.25, -0.2) is 4.79 Å². The molecule has 1 N–H and O–H groups in total. The summed E-state index contributed by atoms with van der Waals surface area (Å²) < 4.78 is 4.63. The van der Waals surface area contributed by atoms with Crippen molar-refractivity contribution in [2.24, 2.45) is 0 Å². The number of esters is 1. The Bertz CT molecular complexity index is 480. The van der Waals surface area contributed by atoms with Crippen LogP contribution in [0.2, 0.25) is 0 Å². The van der Waals surface area contributed by atoms with Crippen molar-refractivity contribution in [1.29, 1.82) is 5.26 Å². The summed E-state index contributed by atoms with van der Waals surface area (Å²) in [6.45, 7) is 3.68. The lowest BCUT2D eigenvalue weighted by Crippen LogP contribution is -2.09. The van der Waals surface area contributed by atoms with Crippen molar-refractivity contribution in [1.82, 2.24) is 0 Å². The molecule has 0 atom stereocenters. The summed E-state index contributed by atoms with van der Waals surface area (Å²) in [5.41, 5.74) is 1.44. The predicted octanol–water partition coefficient (Wildman–Crippen LogP) is 2.35. The van der Waals surface area contributed by atoms with E-state index in [1.54, 1.807) is 37.3 Å². The van der Waals surface area contributed by atoms with E-state index in [-0.39, 0.29) is 12.2 Å². The summed E-state index contributed by atoms with van der Waals surface area (Å²) in [5.74, 6) is -1.54. The Labute approximate surface area is 99.8 Å². The maximum absolute atomic E-state index is 11.3. The third kappa shape index (κ3) is 3.08. The lowest BCUT2D eigenvalue weighted by molar-refractivity contribution is -0.141. The highest BCUT2D eigenvalue weighted by Gasteiger charge is 2.16. The SMILES string of the molecule is CCOC(=O)/C(O)=C(/C#N)c1ccc(C)cc1. The molecule has 0 radical (unpaired) electrons. The second-order valence-electron chi connectivity index (χ2n) is 3.42. The standard InChI is InChI=1S/C13H13NO3/c1-3-17-13(16)12(15)11(8-14)10-6-4-9(2)5-7-10/h4-7,15H,3H2,1-2H3/b12-11+. The molecule has 0 unspecified atom stereocenters. The van der Waals surface area contributed by atoms with Crippen molar-refractivity contribution >= 4 is 11.5 Å². The number of aryl methyl sites for hydroxylation is 1. The van der Waals surface area contributed by atoms with Crippen LogP contribution in [0.5, 0.6) is 0 Å². The van der Waals surface area contributed by atoms with Crippen molar-refractivity contribution < 1.29 is 14.6 Å². The van der Waals surface area contributed by atoms with Crippen LogP contribution in [-0.2, 0) is 9.53 Å². The van der Waals surface area contributed by atoms with Crippen LogP contribution in [0, 0.1) is 18.3 Å². The molecule has 1 aromatic carbocycles. The number of aliphatic hydroxyl groups is 1. The molecule has 1 aromatic rings. The minimum atomic E-state index is -0.885. The van der Waals surface area contributed by atoms with Crippen molar-refractivity contribution in [2.45, 2.75) is 13.8 Å². The van der Waals surface area contributed by atoms with Gasteiger partial charge in [0.1, 0.15) is 11.6 Å². The Morgan fingerprint density at radius 2 is 2.00 bits per heavy atom. The molecule has 0 fully saturated rings. The molecular formula is C13H13NO3. The number of benzene rings is 1. The zero-order chi connectivity index (χ0) is 12.8. The van der Waals surface area contributed by atoms with Gasteiger partial charge in [0.15, 0.2) is 0 Å². The number of nitriles is 1. The molecule has 17 heavy (non-hydrogen) atoms. The molecule has 4 heteroatoms. The summed E-state index contributed by atoms with van der Waals surface area (Å²) in [5, 5.41) is 18.6. The lowest BCUT2D eigenvalue weighted by Gasteiger charge is -2.04. The topological polar surface area (TPSA) is 70.3 Å². The highest BCUT2D eigenvalue weighted by molar-refractivity contribution is 5.98. The molecule has 88 valence electrons. The molecule has 0 saturated carbocycles. The van der Waals surface area contributed by atoms with Crippen LogP contribution in [0.4, 0.5) is 0 Å². The number of ether oxygens (including phenoxy) is 1. The third-order valence-corrected chi connectivity index (χ3v) is 2.16. The van der Waals surface area contributed by atoms with E-state index >= 15 is 0 Å². The quantitative estimate of drug-likeness (QED) is 0.375. The lowest BCUT2D eigenvalue weighted by atomic mass is 10.0. The molecule has 0 heterocycles. The van der Waals surface area contributed by atoms with Crippen LogP contribution in [0.1, 0.15) is 18.1 Å². The Morgan fingerprint density at radius 3 is 2.47 bits per heavy atom. The fraction of sp³-hybridized carbons (Fsp3) is 0.231. The maximum atomic E-state index is 11.3. The fourth-order valence-electron chi connectivity index (χ4n) is 1.28. The third-order valence-electron chi connectivity index (χ3n) is 2.16. The molecular weight excluding hydrogens is 218 g/mol. The Balaban J connectivity index is 3.15. The summed E-state index contributed by atoms with van der Waals surface area (Å²) >= 11 is 0. The van der Waals surface area contributed by atoms with Crippen molar-refractivity contribution in [3.63, 3.8) is 0 Å². The van der Waals surface area contributed by atoms with Gasteiger partial charge in [0.25, 0.3) is 0 Å². The first-order chi connectivity index (χ1) is 8.10. The summed E-state index contributed by atoms with van der Waals surface area (Å²) in [7, 11) is 0. The first-order valence-electron chi connectivity index (χ1n) is 5.17. The summed E-state index contributed by atoms with van der Waals surface area (Å²) in [6, 6.07) is 8.74. The molecule has 1 rings (SSSR count). The van der Waals surface area contributed by atoms with E-state index in [2.05, 4.69) is 4.74 Å². The second-order valence-corrected chi connectivity index (χ2v) is 3.42.